The summed E-state index contributed by atoms with van der Waals surface area (Å²) in [6.45, 7) is 0. The van der Waals surface area contributed by atoms with Crippen LogP contribution in [0.2, 0.25) is 10.0 Å². The second-order valence-electron chi connectivity index (χ2n) is 4.47. The van der Waals surface area contributed by atoms with Crippen molar-refractivity contribution in [3.05, 3.63) is 58.3 Å². The molecular formula is C15H10Cl2FN3. The number of nitrogens with one attached hydrogen (secondary N) is 1. The minimum atomic E-state index is -0.525. The predicted molar refractivity (Wildman–Crippen MR) is 83.9 cm³/mol. The van der Waals surface area contributed by atoms with Crippen LogP contribution in [0, 0.1) is 5.82 Å². The van der Waals surface area contributed by atoms with Crippen LogP contribution in [0.1, 0.15) is 0 Å². The minimum absolute atomic E-state index is 0.0372. The molecule has 0 spiro atoms. The summed E-state index contributed by atoms with van der Waals surface area (Å²) in [5.41, 5.74) is 8.09. The quantitative estimate of drug-likeness (QED) is 0.714. The molecule has 0 unspecified atom stereocenters. The number of H-pyrrole nitrogens is 1. The summed E-state index contributed by atoms with van der Waals surface area (Å²) in [4.78, 5) is 0. The fraction of sp³-hybridized carbons (Fsp3) is 0. The number of hydrogen-bond acceptors (Lipinski definition) is 2. The Morgan fingerprint density at radius 1 is 1.05 bits per heavy atom. The van der Waals surface area contributed by atoms with Crippen molar-refractivity contribution in [2.75, 3.05) is 5.73 Å². The number of aromatic nitrogens is 2. The van der Waals surface area contributed by atoms with E-state index in [1.807, 2.05) is 0 Å². The minimum Gasteiger partial charge on any atom is -0.382 e. The summed E-state index contributed by atoms with van der Waals surface area (Å²) in [6, 6.07) is 11.9. The Bertz CT molecular complexity index is 797. The Morgan fingerprint density at radius 3 is 2.48 bits per heavy atom. The lowest BCUT2D eigenvalue weighted by atomic mass is 10.0. The SMILES string of the molecule is Nc1n[nH]c(-c2ccc(Cl)cc2)c1-c1cccc(Cl)c1F. The molecular weight excluding hydrogens is 312 g/mol. The molecule has 0 aliphatic heterocycles. The van der Waals surface area contributed by atoms with E-state index in [2.05, 4.69) is 10.2 Å². The van der Waals surface area contributed by atoms with Crippen LogP contribution >= 0.6 is 23.2 Å². The Morgan fingerprint density at radius 2 is 1.76 bits per heavy atom. The maximum atomic E-state index is 14.3. The molecule has 0 bridgehead atoms. The van der Waals surface area contributed by atoms with Gasteiger partial charge in [-0.2, -0.15) is 5.10 Å². The van der Waals surface area contributed by atoms with Crippen LogP contribution < -0.4 is 5.73 Å². The third kappa shape index (κ3) is 2.48. The van der Waals surface area contributed by atoms with E-state index in [4.69, 9.17) is 28.9 Å². The van der Waals surface area contributed by atoms with E-state index in [-0.39, 0.29) is 10.8 Å². The fourth-order valence-corrected chi connectivity index (χ4v) is 2.45. The first-order valence-electron chi connectivity index (χ1n) is 6.12. The molecule has 0 fully saturated rings. The summed E-state index contributed by atoms with van der Waals surface area (Å²) < 4.78 is 14.3. The summed E-state index contributed by atoms with van der Waals surface area (Å²) >= 11 is 11.7. The fourth-order valence-electron chi connectivity index (χ4n) is 2.15. The summed E-state index contributed by atoms with van der Waals surface area (Å²) in [5.74, 6) is -0.316. The van der Waals surface area contributed by atoms with Crippen LogP contribution in [0.25, 0.3) is 22.4 Å². The zero-order chi connectivity index (χ0) is 15.0. The molecule has 0 saturated carbocycles. The third-order valence-corrected chi connectivity index (χ3v) is 3.69. The van der Waals surface area contributed by atoms with Gasteiger partial charge >= 0.3 is 0 Å². The Hall–Kier alpha value is -2.04. The van der Waals surface area contributed by atoms with Gasteiger partial charge < -0.3 is 5.73 Å². The van der Waals surface area contributed by atoms with Crippen molar-refractivity contribution in [1.82, 2.24) is 10.2 Å². The molecule has 0 saturated heterocycles. The molecule has 1 aromatic heterocycles. The number of anilines is 1. The zero-order valence-corrected chi connectivity index (χ0v) is 12.2. The maximum Gasteiger partial charge on any atom is 0.153 e. The van der Waals surface area contributed by atoms with Crippen LogP contribution in [0.5, 0.6) is 0 Å². The molecule has 0 amide bonds. The Labute approximate surface area is 130 Å². The van der Waals surface area contributed by atoms with E-state index in [1.54, 1.807) is 36.4 Å². The Kier molecular flexibility index (Phi) is 3.57. The van der Waals surface area contributed by atoms with E-state index < -0.39 is 5.82 Å². The molecule has 2 aromatic carbocycles. The average molecular weight is 322 g/mol. The smallest absolute Gasteiger partial charge is 0.153 e. The van der Waals surface area contributed by atoms with Crippen molar-refractivity contribution in [2.45, 2.75) is 0 Å². The number of nitrogens with zero attached hydrogens (tertiary/aromatic N) is 1. The van der Waals surface area contributed by atoms with Gasteiger partial charge in [0.15, 0.2) is 5.82 Å². The van der Waals surface area contributed by atoms with E-state index in [9.17, 15) is 4.39 Å². The van der Waals surface area contributed by atoms with Gasteiger partial charge in [0, 0.05) is 16.1 Å². The first-order valence-corrected chi connectivity index (χ1v) is 6.87. The van der Waals surface area contributed by atoms with Crippen LogP contribution in [0.4, 0.5) is 10.2 Å². The van der Waals surface area contributed by atoms with Crippen molar-refractivity contribution in [3.63, 3.8) is 0 Å². The highest BCUT2D eigenvalue weighted by molar-refractivity contribution is 6.31. The standard InChI is InChI=1S/C15H10Cl2FN3/c16-9-6-4-8(5-7-9)14-12(15(19)21-20-14)10-2-1-3-11(17)13(10)18/h1-7H,(H3,19,20,21). The number of nitrogen functional groups attached to an aromatic ring is 1. The summed E-state index contributed by atoms with van der Waals surface area (Å²) in [6.07, 6.45) is 0. The summed E-state index contributed by atoms with van der Waals surface area (Å²) in [5, 5.41) is 7.45. The van der Waals surface area contributed by atoms with Crippen molar-refractivity contribution < 1.29 is 4.39 Å². The number of halogens is 3. The molecule has 0 aliphatic rings. The normalized spacial score (nSPS) is 10.8. The van der Waals surface area contributed by atoms with Gasteiger partial charge in [0.1, 0.15) is 5.82 Å². The number of aromatic amines is 1. The largest absolute Gasteiger partial charge is 0.382 e. The Balaban J connectivity index is 2.22. The van der Waals surface area contributed by atoms with Gasteiger partial charge in [-0.3, -0.25) is 5.10 Å². The van der Waals surface area contributed by atoms with Crippen molar-refractivity contribution in [2.24, 2.45) is 0 Å². The van der Waals surface area contributed by atoms with Gasteiger partial charge in [-0.15, -0.1) is 0 Å². The van der Waals surface area contributed by atoms with Gasteiger partial charge in [-0.05, 0) is 18.2 Å². The van der Waals surface area contributed by atoms with Crippen LogP contribution in [0.15, 0.2) is 42.5 Å². The second kappa shape index (κ2) is 5.39. The van der Waals surface area contributed by atoms with Gasteiger partial charge in [0.2, 0.25) is 0 Å². The van der Waals surface area contributed by atoms with Crippen molar-refractivity contribution in [1.29, 1.82) is 0 Å². The molecule has 3 aromatic rings. The molecule has 0 atom stereocenters. The topological polar surface area (TPSA) is 54.7 Å². The molecule has 6 heteroatoms. The molecule has 3 N–H and O–H groups in total. The molecule has 21 heavy (non-hydrogen) atoms. The average Bonchev–Trinajstić information content (AvgIpc) is 2.85. The zero-order valence-electron chi connectivity index (χ0n) is 10.7. The van der Waals surface area contributed by atoms with Crippen molar-refractivity contribution >= 4 is 29.0 Å². The molecule has 3 nitrogen and oxygen atoms in total. The molecule has 3 rings (SSSR count). The van der Waals surface area contributed by atoms with Crippen LogP contribution in [-0.4, -0.2) is 10.2 Å². The lowest BCUT2D eigenvalue weighted by Crippen LogP contribution is -1.92. The first-order chi connectivity index (χ1) is 10.1. The van der Waals surface area contributed by atoms with Gasteiger partial charge in [0.25, 0.3) is 0 Å². The summed E-state index contributed by atoms with van der Waals surface area (Å²) in [7, 11) is 0. The highest BCUT2D eigenvalue weighted by Gasteiger charge is 2.19. The maximum absolute atomic E-state index is 14.3. The number of benzene rings is 2. The lowest BCUT2D eigenvalue weighted by molar-refractivity contribution is 0.632. The van der Waals surface area contributed by atoms with E-state index in [0.29, 0.717) is 21.8 Å². The van der Waals surface area contributed by atoms with E-state index >= 15 is 0 Å². The van der Waals surface area contributed by atoms with E-state index in [0.717, 1.165) is 5.56 Å². The lowest BCUT2D eigenvalue weighted by Gasteiger charge is -2.07. The molecule has 0 radical (unpaired) electrons. The first kappa shape index (κ1) is 13.9. The highest BCUT2D eigenvalue weighted by atomic mass is 35.5. The van der Waals surface area contributed by atoms with E-state index in [1.165, 1.54) is 6.07 Å². The molecule has 1 heterocycles. The van der Waals surface area contributed by atoms with Gasteiger partial charge in [-0.1, -0.05) is 47.5 Å². The third-order valence-electron chi connectivity index (χ3n) is 3.15. The number of hydrogen-bond donors (Lipinski definition) is 2. The highest BCUT2D eigenvalue weighted by Crippen LogP contribution is 2.37. The van der Waals surface area contributed by atoms with Crippen LogP contribution in [-0.2, 0) is 0 Å². The molecule has 0 aliphatic carbocycles. The van der Waals surface area contributed by atoms with Gasteiger partial charge in [0.05, 0.1) is 16.3 Å². The van der Waals surface area contributed by atoms with Crippen molar-refractivity contribution in [3.8, 4) is 22.4 Å². The number of rotatable bonds is 2. The number of nitrogens with two attached hydrogens (primary N) is 1. The monoisotopic (exact) mass is 321 g/mol. The van der Waals surface area contributed by atoms with Crippen LogP contribution in [0.3, 0.4) is 0 Å². The predicted octanol–water partition coefficient (Wildman–Crippen LogP) is 4.77. The second-order valence-corrected chi connectivity index (χ2v) is 5.31. The molecule has 106 valence electrons. The van der Waals surface area contributed by atoms with Gasteiger partial charge in [-0.25, -0.2) is 4.39 Å².